The van der Waals surface area contributed by atoms with Crippen molar-refractivity contribution in [3.63, 3.8) is 0 Å². The van der Waals surface area contributed by atoms with E-state index in [0.717, 1.165) is 5.92 Å². The highest BCUT2D eigenvalue weighted by molar-refractivity contribution is 5.35. The summed E-state index contributed by atoms with van der Waals surface area (Å²) in [4.78, 5) is 2.37. The molecule has 1 aliphatic carbocycles. The second-order valence-corrected chi connectivity index (χ2v) is 5.17. The summed E-state index contributed by atoms with van der Waals surface area (Å²) in [6.45, 7) is 2.27. The Morgan fingerprint density at radius 3 is 2.50 bits per heavy atom. The third-order valence-electron chi connectivity index (χ3n) is 3.56. The van der Waals surface area contributed by atoms with Gasteiger partial charge in [-0.05, 0) is 50.4 Å². The summed E-state index contributed by atoms with van der Waals surface area (Å²) in [5, 5.41) is 0. The van der Waals surface area contributed by atoms with Crippen LogP contribution < -0.4 is 0 Å². The lowest BCUT2D eigenvalue weighted by Gasteiger charge is -2.26. The molecule has 1 aliphatic rings. The van der Waals surface area contributed by atoms with E-state index < -0.39 is 0 Å². The topological polar surface area (TPSA) is 3.24 Å². The largest absolute Gasteiger partial charge is 0.302 e. The van der Waals surface area contributed by atoms with Gasteiger partial charge in [0.15, 0.2) is 0 Å². The molecule has 0 saturated heterocycles. The van der Waals surface area contributed by atoms with Crippen LogP contribution in [-0.2, 0) is 0 Å². The molecule has 2 rings (SSSR count). The minimum atomic E-state index is 0.599. The van der Waals surface area contributed by atoms with Crippen molar-refractivity contribution in [2.45, 2.75) is 44.6 Å². The van der Waals surface area contributed by atoms with Crippen molar-refractivity contribution in [2.24, 2.45) is 0 Å². The average molecular weight is 217 g/mol. The van der Waals surface area contributed by atoms with Crippen LogP contribution in [0.2, 0.25) is 0 Å². The molecule has 0 radical (unpaired) electrons. The summed E-state index contributed by atoms with van der Waals surface area (Å²) in [5.74, 6) is 0.857. The van der Waals surface area contributed by atoms with Gasteiger partial charge in [-0.1, -0.05) is 37.6 Å². The van der Waals surface area contributed by atoms with Crippen molar-refractivity contribution < 1.29 is 0 Å². The third-order valence-corrected chi connectivity index (χ3v) is 3.56. The van der Waals surface area contributed by atoms with Gasteiger partial charge in [0.05, 0.1) is 0 Å². The molecule has 16 heavy (non-hydrogen) atoms. The molecule has 0 N–H and O–H groups in total. The fourth-order valence-corrected chi connectivity index (χ4v) is 2.55. The van der Waals surface area contributed by atoms with Gasteiger partial charge in [0, 0.05) is 6.04 Å². The maximum atomic E-state index is 2.37. The first-order valence-corrected chi connectivity index (χ1v) is 6.49. The van der Waals surface area contributed by atoms with E-state index in [1.807, 2.05) is 0 Å². The fourth-order valence-electron chi connectivity index (χ4n) is 2.55. The van der Waals surface area contributed by atoms with Crippen LogP contribution in [0.25, 0.3) is 0 Å². The van der Waals surface area contributed by atoms with Crippen molar-refractivity contribution in [1.29, 1.82) is 0 Å². The number of nitrogens with zero attached hydrogens (tertiary/aromatic N) is 1. The predicted octanol–water partition coefficient (Wildman–Crippen LogP) is 3.97. The zero-order valence-corrected chi connectivity index (χ0v) is 10.7. The lowest BCUT2D eigenvalue weighted by molar-refractivity contribution is 0.280. The van der Waals surface area contributed by atoms with Gasteiger partial charge in [-0.3, -0.25) is 0 Å². The molecule has 1 heteroatoms. The van der Waals surface area contributed by atoms with Gasteiger partial charge < -0.3 is 4.90 Å². The molecule has 1 nitrogen and oxygen atoms in total. The lowest BCUT2D eigenvalue weighted by Crippen LogP contribution is -2.20. The molecule has 0 aromatic heterocycles. The van der Waals surface area contributed by atoms with Crippen LogP contribution >= 0.6 is 0 Å². The highest BCUT2D eigenvalue weighted by atomic mass is 15.1. The molecule has 0 amide bonds. The Balaban J connectivity index is 2.28. The Hall–Kier alpha value is -0.820. The smallest absolute Gasteiger partial charge is 0.0344 e. The SMILES string of the molecule is CCC[C@H](c1ccccc1C1CC1)N(C)C. The standard InChI is InChI=1S/C15H23N/c1-4-7-15(16(2)3)14-9-6-5-8-13(14)12-10-11-12/h5-6,8-9,12,15H,4,7,10-11H2,1-3H3/t15-/m1/s1. The van der Waals surface area contributed by atoms with Crippen molar-refractivity contribution in [2.75, 3.05) is 14.1 Å². The van der Waals surface area contributed by atoms with E-state index >= 15 is 0 Å². The van der Waals surface area contributed by atoms with Crippen LogP contribution in [0.4, 0.5) is 0 Å². The van der Waals surface area contributed by atoms with Gasteiger partial charge in [0.2, 0.25) is 0 Å². The minimum absolute atomic E-state index is 0.599. The molecule has 88 valence electrons. The molecule has 1 aromatic carbocycles. The van der Waals surface area contributed by atoms with E-state index in [2.05, 4.69) is 50.2 Å². The molecule has 1 fully saturated rings. The molecule has 0 bridgehead atoms. The van der Waals surface area contributed by atoms with E-state index in [9.17, 15) is 0 Å². The van der Waals surface area contributed by atoms with Crippen molar-refractivity contribution in [3.05, 3.63) is 35.4 Å². The van der Waals surface area contributed by atoms with Gasteiger partial charge in [0.1, 0.15) is 0 Å². The Kier molecular flexibility index (Phi) is 3.65. The molecule has 0 heterocycles. The van der Waals surface area contributed by atoms with Gasteiger partial charge >= 0.3 is 0 Å². The number of hydrogen-bond donors (Lipinski definition) is 0. The monoisotopic (exact) mass is 217 g/mol. The summed E-state index contributed by atoms with van der Waals surface area (Å²) < 4.78 is 0. The van der Waals surface area contributed by atoms with Gasteiger partial charge in [0.25, 0.3) is 0 Å². The van der Waals surface area contributed by atoms with Crippen LogP contribution in [0.1, 0.15) is 55.7 Å². The fraction of sp³-hybridized carbons (Fsp3) is 0.600. The summed E-state index contributed by atoms with van der Waals surface area (Å²) in [7, 11) is 4.40. The van der Waals surface area contributed by atoms with E-state index in [-0.39, 0.29) is 0 Å². The lowest BCUT2D eigenvalue weighted by atomic mass is 9.94. The van der Waals surface area contributed by atoms with Gasteiger partial charge in [-0.25, -0.2) is 0 Å². The van der Waals surface area contributed by atoms with E-state index in [1.165, 1.54) is 25.7 Å². The second-order valence-electron chi connectivity index (χ2n) is 5.17. The van der Waals surface area contributed by atoms with Crippen LogP contribution in [0.5, 0.6) is 0 Å². The van der Waals surface area contributed by atoms with Crippen molar-refractivity contribution >= 4 is 0 Å². The van der Waals surface area contributed by atoms with Crippen LogP contribution in [0, 0.1) is 0 Å². The Morgan fingerprint density at radius 1 is 1.25 bits per heavy atom. The second kappa shape index (κ2) is 5.01. The summed E-state index contributed by atoms with van der Waals surface area (Å²) in [5.41, 5.74) is 3.17. The molecule has 1 atom stereocenters. The van der Waals surface area contributed by atoms with Crippen LogP contribution in [0.3, 0.4) is 0 Å². The predicted molar refractivity (Wildman–Crippen MR) is 69.8 cm³/mol. The zero-order valence-electron chi connectivity index (χ0n) is 10.7. The minimum Gasteiger partial charge on any atom is -0.302 e. The van der Waals surface area contributed by atoms with E-state index in [0.29, 0.717) is 6.04 Å². The Morgan fingerprint density at radius 2 is 1.94 bits per heavy atom. The number of rotatable bonds is 5. The molecule has 0 unspecified atom stereocenters. The third kappa shape index (κ3) is 2.46. The maximum absolute atomic E-state index is 2.37. The molecule has 1 saturated carbocycles. The number of benzene rings is 1. The summed E-state index contributed by atoms with van der Waals surface area (Å²) in [6.07, 6.45) is 5.30. The van der Waals surface area contributed by atoms with Crippen LogP contribution in [-0.4, -0.2) is 19.0 Å². The number of hydrogen-bond acceptors (Lipinski definition) is 1. The Bertz CT molecular complexity index is 339. The normalized spacial score (nSPS) is 17.8. The first-order valence-electron chi connectivity index (χ1n) is 6.49. The summed E-state index contributed by atoms with van der Waals surface area (Å²) >= 11 is 0. The van der Waals surface area contributed by atoms with Crippen LogP contribution in [0.15, 0.2) is 24.3 Å². The first-order chi connectivity index (χ1) is 7.74. The maximum Gasteiger partial charge on any atom is 0.0344 e. The molecule has 1 aromatic rings. The zero-order chi connectivity index (χ0) is 11.5. The molecular formula is C15H23N. The van der Waals surface area contributed by atoms with Gasteiger partial charge in [-0.2, -0.15) is 0 Å². The van der Waals surface area contributed by atoms with E-state index in [1.54, 1.807) is 11.1 Å². The quantitative estimate of drug-likeness (QED) is 0.721. The molecular weight excluding hydrogens is 194 g/mol. The van der Waals surface area contributed by atoms with Crippen molar-refractivity contribution in [1.82, 2.24) is 4.90 Å². The molecule has 0 aliphatic heterocycles. The Labute approximate surface area is 99.5 Å². The highest BCUT2D eigenvalue weighted by Crippen LogP contribution is 2.44. The first kappa shape index (κ1) is 11.7. The van der Waals surface area contributed by atoms with Gasteiger partial charge in [-0.15, -0.1) is 0 Å². The van der Waals surface area contributed by atoms with Crippen molar-refractivity contribution in [3.8, 4) is 0 Å². The summed E-state index contributed by atoms with van der Waals surface area (Å²) in [6, 6.07) is 9.64. The molecule has 0 spiro atoms. The average Bonchev–Trinajstić information content (AvgIpc) is 3.09. The highest BCUT2D eigenvalue weighted by Gasteiger charge is 2.28. The van der Waals surface area contributed by atoms with E-state index in [4.69, 9.17) is 0 Å².